The molecule has 0 atom stereocenters. The van der Waals surface area contributed by atoms with Crippen LogP contribution in [0.2, 0.25) is 0 Å². The van der Waals surface area contributed by atoms with Gasteiger partial charge in [0.1, 0.15) is 12.6 Å². The molecule has 0 radical (unpaired) electrons. The smallest absolute Gasteiger partial charge is 0.346 e. The van der Waals surface area contributed by atoms with E-state index < -0.39 is 5.69 Å². The van der Waals surface area contributed by atoms with Crippen molar-refractivity contribution in [2.24, 2.45) is 0 Å². The number of aliphatic hydroxyl groups is 1. The number of nitrogens with two attached hydrogens (primary N) is 1. The van der Waals surface area contributed by atoms with Crippen LogP contribution in [0.15, 0.2) is 17.1 Å². The molecule has 0 aliphatic carbocycles. The highest BCUT2D eigenvalue weighted by molar-refractivity contribution is 5.22. The number of aliphatic hydroxyl groups excluding tert-OH is 1. The van der Waals surface area contributed by atoms with E-state index in [0.29, 0.717) is 12.6 Å². The Morgan fingerprint density at radius 3 is 2.12 bits per heavy atom. The van der Waals surface area contributed by atoms with Gasteiger partial charge in [-0.25, -0.2) is 9.78 Å². The molecule has 7 nitrogen and oxygen atoms in total. The van der Waals surface area contributed by atoms with Gasteiger partial charge < -0.3 is 20.3 Å². The van der Waals surface area contributed by atoms with Crippen molar-refractivity contribution in [3.63, 3.8) is 0 Å². The van der Waals surface area contributed by atoms with E-state index >= 15 is 0 Å². The van der Waals surface area contributed by atoms with Crippen molar-refractivity contribution < 1.29 is 14.6 Å². The molecule has 1 aromatic heterocycles. The molecule has 2 rings (SSSR count). The van der Waals surface area contributed by atoms with Crippen LogP contribution in [0, 0.1) is 0 Å². The third-order valence-electron chi connectivity index (χ3n) is 1.24. The molecule has 4 N–H and O–H groups in total. The summed E-state index contributed by atoms with van der Waals surface area (Å²) in [5.41, 5.74) is 4.75. The summed E-state index contributed by atoms with van der Waals surface area (Å²) in [6.45, 7) is 6.06. The average Bonchev–Trinajstić information content (AvgIpc) is 2.93. The fourth-order valence-corrected chi connectivity index (χ4v) is 0.677. The van der Waals surface area contributed by atoms with Gasteiger partial charge in [0.2, 0.25) is 0 Å². The Bertz CT molecular complexity index is 292. The molecule has 1 saturated heterocycles. The van der Waals surface area contributed by atoms with Crippen molar-refractivity contribution in [2.45, 2.75) is 13.8 Å². The molecular weight excluding hydrogens is 226 g/mol. The van der Waals surface area contributed by atoms with Crippen molar-refractivity contribution in [3.05, 3.63) is 22.7 Å². The first kappa shape index (κ1) is 17.9. The topological polar surface area (TPSA) is 110 Å². The lowest BCUT2D eigenvalue weighted by molar-refractivity contribution is 0.0692. The maximum atomic E-state index is 10.2. The number of H-pyrrole nitrogens is 1. The lowest BCUT2D eigenvalue weighted by Crippen LogP contribution is -2.10. The van der Waals surface area contributed by atoms with Crippen LogP contribution in [0.4, 0.5) is 5.82 Å². The highest BCUT2D eigenvalue weighted by Crippen LogP contribution is 1.85. The number of rotatable bonds is 0. The van der Waals surface area contributed by atoms with E-state index in [2.05, 4.69) is 9.97 Å². The van der Waals surface area contributed by atoms with E-state index in [4.69, 9.17) is 20.3 Å². The molecule has 1 aliphatic heterocycles. The summed E-state index contributed by atoms with van der Waals surface area (Å²) in [4.78, 5) is 15.9. The molecule has 0 bridgehead atoms. The predicted octanol–water partition coefficient (Wildman–Crippen LogP) is -0.0225. The lowest BCUT2D eigenvalue weighted by atomic mass is 10.6. The van der Waals surface area contributed by atoms with E-state index in [1.807, 2.05) is 13.8 Å². The zero-order chi connectivity index (χ0) is 13.5. The molecule has 1 aliphatic rings. The summed E-state index contributed by atoms with van der Waals surface area (Å²) >= 11 is 0. The summed E-state index contributed by atoms with van der Waals surface area (Å²) in [6, 6.07) is 1.52. The highest BCUT2D eigenvalue weighted by atomic mass is 16.7. The van der Waals surface area contributed by atoms with Gasteiger partial charge in [-0.3, -0.25) is 4.98 Å². The first-order chi connectivity index (χ1) is 8.29. The van der Waals surface area contributed by atoms with E-state index in [-0.39, 0.29) is 0 Å². The second-order valence-electron chi connectivity index (χ2n) is 2.26. The molecule has 17 heavy (non-hydrogen) atoms. The van der Waals surface area contributed by atoms with Crippen LogP contribution in [0.5, 0.6) is 0 Å². The minimum absolute atomic E-state index is 0.338. The third-order valence-corrected chi connectivity index (χ3v) is 1.24. The zero-order valence-corrected chi connectivity index (χ0v) is 10.5. The molecule has 0 aromatic carbocycles. The molecule has 0 saturated carbocycles. The van der Waals surface area contributed by atoms with Crippen molar-refractivity contribution in [1.29, 1.82) is 0 Å². The summed E-state index contributed by atoms with van der Waals surface area (Å²) in [7, 11) is 1.00. The standard InChI is InChI=1S/C4H5N3O.C3H6O2.C2H6.CH4O/c5-3-1-2-6-4(8)7-3;1-2-5-3-4-1;2*1-2/h1-2H,(H3,5,6,7,8);1-3H2;1-2H3;2H,1H3. The largest absolute Gasteiger partial charge is 0.400 e. The summed E-state index contributed by atoms with van der Waals surface area (Å²) in [6.07, 6.45) is 1.36. The van der Waals surface area contributed by atoms with Crippen LogP contribution in [-0.4, -0.2) is 42.2 Å². The van der Waals surface area contributed by atoms with Gasteiger partial charge in [0.05, 0.1) is 13.2 Å². The Morgan fingerprint density at radius 1 is 1.35 bits per heavy atom. The van der Waals surface area contributed by atoms with E-state index in [1.54, 1.807) is 0 Å². The average molecular weight is 247 g/mol. The molecule has 0 amide bonds. The van der Waals surface area contributed by atoms with E-state index in [1.165, 1.54) is 12.3 Å². The Labute approximate surface area is 101 Å². The normalized spacial score (nSPS) is 12.0. The van der Waals surface area contributed by atoms with Gasteiger partial charge in [0, 0.05) is 13.3 Å². The Balaban J connectivity index is 0. The lowest BCUT2D eigenvalue weighted by Gasteiger charge is -1.84. The number of hydrogen-bond donors (Lipinski definition) is 3. The maximum absolute atomic E-state index is 10.2. The van der Waals surface area contributed by atoms with Crippen LogP contribution >= 0.6 is 0 Å². The Morgan fingerprint density at radius 2 is 1.88 bits per heavy atom. The number of anilines is 1. The molecule has 100 valence electrons. The van der Waals surface area contributed by atoms with Crippen molar-refractivity contribution in [1.82, 2.24) is 9.97 Å². The Kier molecular flexibility index (Phi) is 15.4. The Hall–Kier alpha value is -1.44. The van der Waals surface area contributed by atoms with Gasteiger partial charge in [-0.2, -0.15) is 0 Å². The number of nitrogens with zero attached hydrogens (tertiary/aromatic N) is 1. The van der Waals surface area contributed by atoms with Crippen molar-refractivity contribution in [3.8, 4) is 0 Å². The maximum Gasteiger partial charge on any atom is 0.346 e. The number of hydrogen-bond acceptors (Lipinski definition) is 6. The second-order valence-corrected chi connectivity index (χ2v) is 2.26. The molecule has 0 unspecified atom stereocenters. The van der Waals surface area contributed by atoms with Crippen LogP contribution in [0.3, 0.4) is 0 Å². The second kappa shape index (κ2) is 14.6. The van der Waals surface area contributed by atoms with Gasteiger partial charge in [0.15, 0.2) is 0 Å². The number of nitrogens with one attached hydrogen (secondary N) is 1. The summed E-state index contributed by atoms with van der Waals surface area (Å²) in [5.74, 6) is 0.338. The van der Waals surface area contributed by atoms with Crippen LogP contribution in [0.1, 0.15) is 13.8 Å². The minimum Gasteiger partial charge on any atom is -0.400 e. The van der Waals surface area contributed by atoms with Gasteiger partial charge in [-0.1, -0.05) is 13.8 Å². The molecule has 2 heterocycles. The molecule has 1 aromatic rings. The first-order valence-electron chi connectivity index (χ1n) is 5.20. The SMILES string of the molecule is C1COCO1.CC.CO.Nc1ccnc(=O)[nH]1. The number of ether oxygens (including phenoxy) is 2. The molecule has 0 spiro atoms. The quantitative estimate of drug-likeness (QED) is 0.594. The first-order valence-corrected chi connectivity index (χ1v) is 5.20. The number of aromatic nitrogens is 2. The molecular formula is C10H21N3O4. The third kappa shape index (κ3) is 12.5. The van der Waals surface area contributed by atoms with Crippen LogP contribution in [-0.2, 0) is 9.47 Å². The fraction of sp³-hybridized carbons (Fsp3) is 0.600. The van der Waals surface area contributed by atoms with Gasteiger partial charge in [0.25, 0.3) is 0 Å². The molecule has 7 heteroatoms. The van der Waals surface area contributed by atoms with Gasteiger partial charge in [-0.05, 0) is 6.07 Å². The fourth-order valence-electron chi connectivity index (χ4n) is 0.677. The monoisotopic (exact) mass is 247 g/mol. The highest BCUT2D eigenvalue weighted by Gasteiger charge is 1.93. The number of nitrogen functional groups attached to an aromatic ring is 1. The minimum atomic E-state index is -0.412. The summed E-state index contributed by atoms with van der Waals surface area (Å²) < 4.78 is 9.44. The zero-order valence-electron chi connectivity index (χ0n) is 10.5. The van der Waals surface area contributed by atoms with Crippen molar-refractivity contribution >= 4 is 5.82 Å². The van der Waals surface area contributed by atoms with E-state index in [0.717, 1.165) is 20.3 Å². The molecule has 1 fully saturated rings. The van der Waals surface area contributed by atoms with Gasteiger partial charge >= 0.3 is 5.69 Å². The van der Waals surface area contributed by atoms with Crippen molar-refractivity contribution in [2.75, 3.05) is 32.9 Å². The van der Waals surface area contributed by atoms with Crippen LogP contribution in [0.25, 0.3) is 0 Å². The summed E-state index contributed by atoms with van der Waals surface area (Å²) in [5, 5.41) is 7.00. The van der Waals surface area contributed by atoms with E-state index in [9.17, 15) is 4.79 Å². The number of aromatic amines is 1. The predicted molar refractivity (Wildman–Crippen MR) is 65.5 cm³/mol. The van der Waals surface area contributed by atoms with Crippen LogP contribution < -0.4 is 11.4 Å². The van der Waals surface area contributed by atoms with Gasteiger partial charge in [-0.15, -0.1) is 0 Å².